The van der Waals surface area contributed by atoms with Gasteiger partial charge in [-0.1, -0.05) is 17.7 Å². The van der Waals surface area contributed by atoms with E-state index in [4.69, 9.17) is 11.6 Å². The molecular formula is C19H15ClF2N4O. The zero-order valence-electron chi connectivity index (χ0n) is 14.5. The minimum Gasteiger partial charge on any atom is -0.340 e. The van der Waals surface area contributed by atoms with E-state index in [1.54, 1.807) is 32.0 Å². The molecule has 138 valence electrons. The molecule has 0 unspecified atom stereocenters. The number of rotatable bonds is 4. The van der Waals surface area contributed by atoms with E-state index in [2.05, 4.69) is 20.6 Å². The molecule has 0 fully saturated rings. The summed E-state index contributed by atoms with van der Waals surface area (Å²) in [5, 5.41) is 6.12. The van der Waals surface area contributed by atoms with Crippen LogP contribution in [0.5, 0.6) is 0 Å². The van der Waals surface area contributed by atoms with Crippen LogP contribution in [0.2, 0.25) is 5.02 Å². The van der Waals surface area contributed by atoms with Crippen molar-refractivity contribution in [3.05, 3.63) is 76.2 Å². The molecule has 0 bridgehead atoms. The molecule has 0 aliphatic heterocycles. The van der Waals surface area contributed by atoms with Gasteiger partial charge in [0.1, 0.15) is 17.3 Å². The van der Waals surface area contributed by atoms with E-state index in [1.165, 1.54) is 12.1 Å². The van der Waals surface area contributed by atoms with Crippen molar-refractivity contribution in [2.24, 2.45) is 0 Å². The Morgan fingerprint density at radius 2 is 1.81 bits per heavy atom. The number of hydrogen-bond donors (Lipinski definition) is 2. The molecule has 27 heavy (non-hydrogen) atoms. The van der Waals surface area contributed by atoms with Crippen LogP contribution in [0.15, 0.2) is 42.5 Å². The Morgan fingerprint density at radius 1 is 1.04 bits per heavy atom. The van der Waals surface area contributed by atoms with Crippen LogP contribution in [0.1, 0.15) is 21.9 Å². The van der Waals surface area contributed by atoms with E-state index in [1.807, 2.05) is 0 Å². The van der Waals surface area contributed by atoms with Gasteiger partial charge in [0.25, 0.3) is 5.91 Å². The summed E-state index contributed by atoms with van der Waals surface area (Å²) in [4.78, 5) is 20.8. The van der Waals surface area contributed by atoms with Crippen LogP contribution >= 0.6 is 11.6 Å². The number of halogens is 3. The molecule has 0 atom stereocenters. The van der Waals surface area contributed by atoms with E-state index in [0.29, 0.717) is 22.2 Å². The molecule has 3 aromatic rings. The quantitative estimate of drug-likeness (QED) is 0.658. The first-order valence-electron chi connectivity index (χ1n) is 7.97. The maximum Gasteiger partial charge on any atom is 0.274 e. The summed E-state index contributed by atoms with van der Waals surface area (Å²) >= 11 is 6.06. The summed E-state index contributed by atoms with van der Waals surface area (Å²) in [6.45, 7) is 3.41. The molecule has 8 heteroatoms. The molecule has 0 radical (unpaired) electrons. The van der Waals surface area contributed by atoms with Gasteiger partial charge in [-0.2, -0.15) is 0 Å². The fourth-order valence-electron chi connectivity index (χ4n) is 2.40. The van der Waals surface area contributed by atoms with E-state index < -0.39 is 17.5 Å². The molecule has 1 heterocycles. The predicted molar refractivity (Wildman–Crippen MR) is 101 cm³/mol. The lowest BCUT2D eigenvalue weighted by Crippen LogP contribution is -2.16. The molecular weight excluding hydrogens is 374 g/mol. The monoisotopic (exact) mass is 388 g/mol. The zero-order valence-corrected chi connectivity index (χ0v) is 15.2. The highest BCUT2D eigenvalue weighted by Crippen LogP contribution is 2.24. The third-order valence-corrected chi connectivity index (χ3v) is 4.19. The second-order valence-electron chi connectivity index (χ2n) is 5.81. The molecule has 2 aromatic carbocycles. The van der Waals surface area contributed by atoms with Crippen LogP contribution in [0.25, 0.3) is 0 Å². The summed E-state index contributed by atoms with van der Waals surface area (Å²) < 4.78 is 26.4. The van der Waals surface area contributed by atoms with Gasteiger partial charge in [0.05, 0.1) is 0 Å². The maximum absolute atomic E-state index is 13.4. The first-order valence-corrected chi connectivity index (χ1v) is 8.35. The Kier molecular flexibility index (Phi) is 5.32. The lowest BCUT2D eigenvalue weighted by molar-refractivity contribution is 0.102. The van der Waals surface area contributed by atoms with Gasteiger partial charge in [-0.25, -0.2) is 18.7 Å². The van der Waals surface area contributed by atoms with Crippen molar-refractivity contribution in [1.29, 1.82) is 0 Å². The molecule has 0 spiro atoms. The van der Waals surface area contributed by atoms with Crippen molar-refractivity contribution >= 4 is 34.7 Å². The fourth-order valence-corrected chi connectivity index (χ4v) is 2.57. The summed E-state index contributed by atoms with van der Waals surface area (Å²) in [5.74, 6) is -1.76. The number of carbonyl (C=O) groups is 1. The lowest BCUT2D eigenvalue weighted by atomic mass is 10.2. The minimum absolute atomic E-state index is 0.118. The van der Waals surface area contributed by atoms with Crippen LogP contribution in [0, 0.1) is 25.5 Å². The minimum atomic E-state index is -0.986. The molecule has 1 amide bonds. The average molecular weight is 389 g/mol. The molecule has 3 rings (SSSR count). The standard InChI is InChI=1S/C19H15ClF2N4O/c1-10-13(20)4-3-5-16(10)26-19(27)17-9-18(24-11(2)23-17)25-12-6-7-14(21)15(22)8-12/h3-9H,1-2H3,(H,26,27)(H,23,24,25). The number of amides is 1. The van der Waals surface area contributed by atoms with Crippen molar-refractivity contribution in [1.82, 2.24) is 9.97 Å². The molecule has 0 aliphatic rings. The zero-order chi connectivity index (χ0) is 19.6. The van der Waals surface area contributed by atoms with Gasteiger partial charge in [0.2, 0.25) is 0 Å². The molecule has 1 aromatic heterocycles. The number of nitrogens with one attached hydrogen (secondary N) is 2. The lowest BCUT2D eigenvalue weighted by Gasteiger charge is -2.11. The van der Waals surface area contributed by atoms with Gasteiger partial charge < -0.3 is 10.6 Å². The van der Waals surface area contributed by atoms with E-state index in [0.717, 1.165) is 17.7 Å². The van der Waals surface area contributed by atoms with Crippen molar-refractivity contribution < 1.29 is 13.6 Å². The van der Waals surface area contributed by atoms with Gasteiger partial charge in [0.15, 0.2) is 11.6 Å². The Labute approximate surface area is 159 Å². The predicted octanol–water partition coefficient (Wildman–Crippen LogP) is 5.02. The van der Waals surface area contributed by atoms with Gasteiger partial charge >= 0.3 is 0 Å². The highest BCUT2D eigenvalue weighted by molar-refractivity contribution is 6.31. The highest BCUT2D eigenvalue weighted by Gasteiger charge is 2.13. The van der Waals surface area contributed by atoms with E-state index in [9.17, 15) is 13.6 Å². The summed E-state index contributed by atoms with van der Waals surface area (Å²) in [5.41, 5.74) is 1.72. The van der Waals surface area contributed by atoms with Crippen LogP contribution in [-0.4, -0.2) is 15.9 Å². The normalized spacial score (nSPS) is 10.6. The molecule has 5 nitrogen and oxygen atoms in total. The Hall–Kier alpha value is -3.06. The number of hydrogen-bond acceptors (Lipinski definition) is 4. The van der Waals surface area contributed by atoms with Crippen LogP contribution in [0.3, 0.4) is 0 Å². The Morgan fingerprint density at radius 3 is 2.56 bits per heavy atom. The van der Waals surface area contributed by atoms with Crippen molar-refractivity contribution in [2.75, 3.05) is 10.6 Å². The average Bonchev–Trinajstić information content (AvgIpc) is 2.61. The van der Waals surface area contributed by atoms with Crippen LogP contribution in [0.4, 0.5) is 26.0 Å². The number of nitrogens with zero attached hydrogens (tertiary/aromatic N) is 2. The first kappa shape index (κ1) is 18.7. The molecule has 0 aliphatic carbocycles. The third-order valence-electron chi connectivity index (χ3n) is 3.78. The van der Waals surface area contributed by atoms with Crippen LogP contribution < -0.4 is 10.6 Å². The number of aromatic nitrogens is 2. The van der Waals surface area contributed by atoms with Gasteiger partial charge in [-0.05, 0) is 43.7 Å². The number of aryl methyl sites for hydroxylation is 1. The second-order valence-corrected chi connectivity index (χ2v) is 6.21. The van der Waals surface area contributed by atoms with Crippen molar-refractivity contribution in [3.63, 3.8) is 0 Å². The fraction of sp³-hybridized carbons (Fsp3) is 0.105. The SMILES string of the molecule is Cc1nc(Nc2ccc(F)c(F)c2)cc(C(=O)Nc2cccc(Cl)c2C)n1. The largest absolute Gasteiger partial charge is 0.340 e. The number of anilines is 3. The molecule has 0 saturated heterocycles. The topological polar surface area (TPSA) is 66.9 Å². The maximum atomic E-state index is 13.4. The van der Waals surface area contributed by atoms with Gasteiger partial charge in [-0.3, -0.25) is 4.79 Å². The van der Waals surface area contributed by atoms with Crippen molar-refractivity contribution in [3.8, 4) is 0 Å². The number of benzene rings is 2. The highest BCUT2D eigenvalue weighted by atomic mass is 35.5. The smallest absolute Gasteiger partial charge is 0.274 e. The summed E-state index contributed by atoms with van der Waals surface area (Å²) in [6.07, 6.45) is 0. The Bertz CT molecular complexity index is 1030. The van der Waals surface area contributed by atoms with E-state index >= 15 is 0 Å². The summed E-state index contributed by atoms with van der Waals surface area (Å²) in [7, 11) is 0. The Balaban J connectivity index is 1.85. The summed E-state index contributed by atoms with van der Waals surface area (Å²) in [6, 6.07) is 9.97. The molecule has 0 saturated carbocycles. The first-order chi connectivity index (χ1) is 12.8. The van der Waals surface area contributed by atoms with E-state index in [-0.39, 0.29) is 11.5 Å². The van der Waals surface area contributed by atoms with Crippen LogP contribution in [-0.2, 0) is 0 Å². The number of carbonyl (C=O) groups excluding carboxylic acids is 1. The van der Waals surface area contributed by atoms with Gasteiger partial charge in [0, 0.05) is 28.5 Å². The van der Waals surface area contributed by atoms with Crippen molar-refractivity contribution in [2.45, 2.75) is 13.8 Å². The molecule has 2 N–H and O–H groups in total. The second kappa shape index (κ2) is 7.67. The third kappa shape index (κ3) is 4.38. The van der Waals surface area contributed by atoms with Gasteiger partial charge in [-0.15, -0.1) is 0 Å².